The molecule has 2 heterocycles. The molecule has 0 aliphatic rings. The van der Waals surface area contributed by atoms with Crippen molar-refractivity contribution < 1.29 is 1.43 Å². The van der Waals surface area contributed by atoms with E-state index >= 15 is 0 Å². The van der Waals surface area contributed by atoms with Gasteiger partial charge in [0.2, 0.25) is 0 Å². The van der Waals surface area contributed by atoms with Crippen molar-refractivity contribution in [3.8, 4) is 0 Å². The van der Waals surface area contributed by atoms with Crippen LogP contribution in [0.1, 0.15) is 46.6 Å². The molecule has 0 radical (unpaired) electrons. The summed E-state index contributed by atoms with van der Waals surface area (Å²) in [4.78, 5) is 11.9. The predicted octanol–water partition coefficient (Wildman–Crippen LogP) is 3.66. The number of fused-ring (bicyclic) bond motifs is 1. The quantitative estimate of drug-likeness (QED) is 0.775. The minimum Gasteiger partial charge on any atom is -0.341 e. The normalized spacial score (nSPS) is 10.3. The number of hydrogen-bond acceptors (Lipinski definition) is 2. The Morgan fingerprint density at radius 2 is 1.87 bits per heavy atom. The summed E-state index contributed by atoms with van der Waals surface area (Å²) in [5.41, 5.74) is 2.93. The maximum absolute atomic E-state index is 4.45. The van der Waals surface area contributed by atoms with Crippen molar-refractivity contribution in [2.24, 2.45) is 0 Å². The van der Waals surface area contributed by atoms with E-state index in [1.54, 1.807) is 0 Å². The zero-order valence-electron chi connectivity index (χ0n) is 10.1. The van der Waals surface area contributed by atoms with Gasteiger partial charge in [-0.25, -0.2) is 9.97 Å². The van der Waals surface area contributed by atoms with Gasteiger partial charge in [-0.15, -0.1) is 0 Å². The third-order valence-electron chi connectivity index (χ3n) is 2.08. The Morgan fingerprint density at radius 3 is 2.47 bits per heavy atom. The first-order chi connectivity index (χ1) is 7.16. The van der Waals surface area contributed by atoms with E-state index in [1.165, 1.54) is 0 Å². The van der Waals surface area contributed by atoms with Crippen LogP contribution in [0.2, 0.25) is 0 Å². The summed E-state index contributed by atoms with van der Waals surface area (Å²) in [6.07, 6.45) is 0. The fourth-order valence-electron chi connectivity index (χ4n) is 1.35. The van der Waals surface area contributed by atoms with E-state index in [9.17, 15) is 0 Å². The monoisotopic (exact) mass is 207 g/mol. The van der Waals surface area contributed by atoms with Crippen LogP contribution in [0.25, 0.3) is 11.2 Å². The number of aromatic nitrogens is 3. The molecule has 0 aliphatic carbocycles. The van der Waals surface area contributed by atoms with Crippen molar-refractivity contribution in [2.75, 3.05) is 0 Å². The summed E-state index contributed by atoms with van der Waals surface area (Å²) < 4.78 is 0. The summed E-state index contributed by atoms with van der Waals surface area (Å²) in [5.74, 6) is 1.38. The van der Waals surface area contributed by atoms with E-state index in [-0.39, 0.29) is 1.43 Å². The number of pyridine rings is 1. The smallest absolute Gasteiger partial charge is 0.177 e. The second-order valence-corrected chi connectivity index (χ2v) is 3.58. The molecule has 0 unspecified atom stereocenters. The van der Waals surface area contributed by atoms with E-state index in [2.05, 4.69) is 28.8 Å². The lowest BCUT2D eigenvalue weighted by Gasteiger charge is -2.01. The number of rotatable bonds is 1. The summed E-state index contributed by atoms with van der Waals surface area (Å²) >= 11 is 0. The first-order valence-corrected chi connectivity index (χ1v) is 5.50. The van der Waals surface area contributed by atoms with Gasteiger partial charge in [-0.2, -0.15) is 0 Å². The van der Waals surface area contributed by atoms with Gasteiger partial charge < -0.3 is 4.98 Å². The van der Waals surface area contributed by atoms with E-state index in [0.29, 0.717) is 5.92 Å². The molecule has 0 saturated carbocycles. The second kappa shape index (κ2) is 4.91. The number of nitrogens with one attached hydrogen (secondary N) is 1. The van der Waals surface area contributed by atoms with E-state index in [4.69, 9.17) is 0 Å². The molecule has 0 saturated heterocycles. The maximum Gasteiger partial charge on any atom is 0.177 e. The van der Waals surface area contributed by atoms with Crippen LogP contribution in [-0.4, -0.2) is 15.0 Å². The third kappa shape index (κ3) is 2.55. The molecule has 0 aliphatic heterocycles. The Labute approximate surface area is 92.4 Å². The summed E-state index contributed by atoms with van der Waals surface area (Å²) in [7, 11) is 0. The Hall–Kier alpha value is -1.38. The lowest BCUT2D eigenvalue weighted by atomic mass is 10.1. The van der Waals surface area contributed by atoms with Crippen molar-refractivity contribution >= 4 is 11.2 Å². The van der Waals surface area contributed by atoms with E-state index in [0.717, 1.165) is 22.7 Å². The van der Waals surface area contributed by atoms with Crippen molar-refractivity contribution in [1.29, 1.82) is 0 Å². The number of imidazole rings is 1. The molecule has 2 aromatic heterocycles. The lowest BCUT2D eigenvalue weighted by molar-refractivity contribution is 0.828. The van der Waals surface area contributed by atoms with Gasteiger partial charge in [0, 0.05) is 7.12 Å². The van der Waals surface area contributed by atoms with Crippen LogP contribution < -0.4 is 0 Å². The first-order valence-electron chi connectivity index (χ1n) is 5.50. The topological polar surface area (TPSA) is 41.6 Å². The number of nitrogens with zero attached hydrogens (tertiary/aromatic N) is 2. The van der Waals surface area contributed by atoms with Gasteiger partial charge in [0.15, 0.2) is 5.65 Å². The average molecular weight is 207 g/mol. The van der Waals surface area contributed by atoms with Gasteiger partial charge in [0.1, 0.15) is 5.82 Å². The van der Waals surface area contributed by atoms with Crippen LogP contribution in [0.15, 0.2) is 12.1 Å². The van der Waals surface area contributed by atoms with Gasteiger partial charge in [-0.05, 0) is 25.0 Å². The molecule has 84 valence electrons. The number of aromatic amines is 1. The second-order valence-electron chi connectivity index (χ2n) is 3.58. The van der Waals surface area contributed by atoms with Gasteiger partial charge in [-0.1, -0.05) is 27.7 Å². The van der Waals surface area contributed by atoms with Crippen LogP contribution in [0, 0.1) is 6.92 Å². The largest absolute Gasteiger partial charge is 0.341 e. The SMILES string of the molecule is CC.Cc1nc2nc(C(C)C)ccc2[nH]1.[HH]. The average Bonchev–Trinajstić information content (AvgIpc) is 2.59. The highest BCUT2D eigenvalue weighted by Crippen LogP contribution is 2.15. The molecule has 0 fully saturated rings. The van der Waals surface area contributed by atoms with Crippen molar-refractivity contribution in [1.82, 2.24) is 15.0 Å². The molecule has 0 aromatic carbocycles. The summed E-state index contributed by atoms with van der Waals surface area (Å²) in [6, 6.07) is 4.09. The van der Waals surface area contributed by atoms with Gasteiger partial charge in [0.05, 0.1) is 5.52 Å². The minimum absolute atomic E-state index is 0. The molecule has 0 amide bonds. The molecular weight excluding hydrogens is 186 g/mol. The highest BCUT2D eigenvalue weighted by molar-refractivity contribution is 5.70. The standard InChI is InChI=1S/C10H13N3.C2H6.H2/c1-6(2)8-4-5-9-10(13-8)12-7(3)11-9;1-2;/h4-6H,1-3H3,(H,11,12,13);1-2H3;1H. The molecule has 0 spiro atoms. The van der Waals surface area contributed by atoms with Crippen molar-refractivity contribution in [2.45, 2.75) is 40.5 Å². The van der Waals surface area contributed by atoms with Crippen LogP contribution >= 0.6 is 0 Å². The fraction of sp³-hybridized carbons (Fsp3) is 0.500. The van der Waals surface area contributed by atoms with Gasteiger partial charge in [-0.3, -0.25) is 0 Å². The highest BCUT2D eigenvalue weighted by atomic mass is 15.0. The molecule has 1 N–H and O–H groups in total. The minimum atomic E-state index is 0. The zero-order chi connectivity index (χ0) is 11.4. The molecule has 2 rings (SSSR count). The number of aryl methyl sites for hydroxylation is 1. The molecular formula is C12H21N3. The van der Waals surface area contributed by atoms with Gasteiger partial charge in [0.25, 0.3) is 0 Å². The zero-order valence-corrected chi connectivity index (χ0v) is 10.1. The van der Waals surface area contributed by atoms with Crippen LogP contribution in [0.4, 0.5) is 0 Å². The lowest BCUT2D eigenvalue weighted by Crippen LogP contribution is -1.91. The molecule has 3 nitrogen and oxygen atoms in total. The van der Waals surface area contributed by atoms with Crippen molar-refractivity contribution in [3.05, 3.63) is 23.7 Å². The predicted molar refractivity (Wildman–Crippen MR) is 66.2 cm³/mol. The first kappa shape index (κ1) is 11.7. The number of H-pyrrole nitrogens is 1. The van der Waals surface area contributed by atoms with Crippen LogP contribution in [-0.2, 0) is 0 Å². The molecule has 0 bridgehead atoms. The molecule has 2 aromatic rings. The Balaban J connectivity index is 0.000000711. The number of hydrogen-bond donors (Lipinski definition) is 1. The van der Waals surface area contributed by atoms with Crippen molar-refractivity contribution in [3.63, 3.8) is 0 Å². The van der Waals surface area contributed by atoms with Crippen LogP contribution in [0.5, 0.6) is 0 Å². The van der Waals surface area contributed by atoms with Crippen LogP contribution in [0.3, 0.4) is 0 Å². The third-order valence-corrected chi connectivity index (χ3v) is 2.08. The van der Waals surface area contributed by atoms with E-state index in [1.807, 2.05) is 32.9 Å². The summed E-state index contributed by atoms with van der Waals surface area (Å²) in [5, 5.41) is 0. The fourth-order valence-corrected chi connectivity index (χ4v) is 1.35. The molecule has 0 atom stereocenters. The Morgan fingerprint density at radius 1 is 1.20 bits per heavy atom. The maximum atomic E-state index is 4.45. The summed E-state index contributed by atoms with van der Waals surface area (Å²) in [6.45, 7) is 10.2. The Bertz CT molecular complexity index is 435. The van der Waals surface area contributed by atoms with Gasteiger partial charge >= 0.3 is 0 Å². The molecule has 15 heavy (non-hydrogen) atoms. The van der Waals surface area contributed by atoms with E-state index < -0.39 is 0 Å². The highest BCUT2D eigenvalue weighted by Gasteiger charge is 2.04. The molecule has 3 heteroatoms. The Kier molecular flexibility index (Phi) is 3.83.